The first kappa shape index (κ1) is 16.1. The molecule has 0 radical (unpaired) electrons. The summed E-state index contributed by atoms with van der Waals surface area (Å²) in [7, 11) is 0. The first-order valence-electron chi connectivity index (χ1n) is 9.23. The van der Waals surface area contributed by atoms with Crippen LogP contribution in [-0.4, -0.2) is 67.2 Å². The molecule has 0 aromatic heterocycles. The summed E-state index contributed by atoms with van der Waals surface area (Å²) in [5, 5.41) is 3.24. The molecule has 5 nitrogen and oxygen atoms in total. The summed E-state index contributed by atoms with van der Waals surface area (Å²) < 4.78 is 5.61. The Balaban J connectivity index is 1.31. The van der Waals surface area contributed by atoms with Crippen LogP contribution in [0.25, 0.3) is 0 Å². The molecule has 1 N–H and O–H groups in total. The molecule has 5 heteroatoms. The number of nitrogens with zero attached hydrogens (tertiary/aromatic N) is 2. The molecule has 0 spiro atoms. The largest absolute Gasteiger partial charge is 0.366 e. The fourth-order valence-electron chi connectivity index (χ4n) is 4.21. The lowest BCUT2D eigenvalue weighted by molar-refractivity contribution is -0.146. The van der Waals surface area contributed by atoms with Gasteiger partial charge in [-0.15, -0.1) is 0 Å². The van der Waals surface area contributed by atoms with Crippen LogP contribution in [0.5, 0.6) is 0 Å². The molecule has 4 rings (SSSR count). The number of morpholine rings is 1. The zero-order valence-corrected chi connectivity index (χ0v) is 14.2. The van der Waals surface area contributed by atoms with Crippen molar-refractivity contribution in [1.29, 1.82) is 0 Å². The molecular formula is C19H27N3O2. The van der Waals surface area contributed by atoms with Crippen molar-refractivity contribution in [1.82, 2.24) is 15.1 Å². The number of benzene rings is 1. The third kappa shape index (κ3) is 3.34. The molecule has 2 saturated heterocycles. The molecule has 130 valence electrons. The second kappa shape index (κ2) is 7.21. The van der Waals surface area contributed by atoms with Crippen molar-refractivity contribution >= 4 is 5.91 Å². The van der Waals surface area contributed by atoms with Gasteiger partial charge in [0.05, 0.1) is 6.61 Å². The molecule has 0 bridgehead atoms. The normalized spacial score (nSPS) is 26.2. The number of likely N-dealkylation sites (tertiary alicyclic amines) is 1. The Hall–Kier alpha value is -1.43. The maximum atomic E-state index is 12.5. The van der Waals surface area contributed by atoms with Gasteiger partial charge in [0.15, 0.2) is 0 Å². The first-order valence-corrected chi connectivity index (χ1v) is 9.23. The number of fused-ring (bicyclic) bond motifs is 1. The Morgan fingerprint density at radius 3 is 2.67 bits per heavy atom. The van der Waals surface area contributed by atoms with Crippen LogP contribution < -0.4 is 5.32 Å². The smallest absolute Gasteiger partial charge is 0.253 e. The van der Waals surface area contributed by atoms with E-state index in [4.69, 9.17) is 4.74 Å². The van der Waals surface area contributed by atoms with E-state index in [1.165, 1.54) is 11.1 Å². The second-order valence-corrected chi connectivity index (χ2v) is 7.11. The van der Waals surface area contributed by atoms with Crippen LogP contribution in [0.3, 0.4) is 0 Å². The molecule has 1 unspecified atom stereocenters. The van der Waals surface area contributed by atoms with Crippen LogP contribution in [0.1, 0.15) is 24.0 Å². The standard InChI is InChI=1S/C19H27N3O2/c23-19(18-13-20-8-12-24-18)21-10-6-17(7-11-21)22-9-5-15-3-1-2-4-16(15)14-22/h1-4,17-18,20H,5-14H2. The van der Waals surface area contributed by atoms with Crippen molar-refractivity contribution < 1.29 is 9.53 Å². The number of rotatable bonds is 2. The van der Waals surface area contributed by atoms with Crippen LogP contribution in [0.15, 0.2) is 24.3 Å². The number of hydrogen-bond donors (Lipinski definition) is 1. The van der Waals surface area contributed by atoms with Gasteiger partial charge in [0.25, 0.3) is 5.91 Å². The molecular weight excluding hydrogens is 302 g/mol. The van der Waals surface area contributed by atoms with E-state index in [9.17, 15) is 4.79 Å². The van der Waals surface area contributed by atoms with Gasteiger partial charge in [-0.25, -0.2) is 0 Å². The monoisotopic (exact) mass is 329 g/mol. The summed E-state index contributed by atoms with van der Waals surface area (Å²) >= 11 is 0. The van der Waals surface area contributed by atoms with Crippen molar-refractivity contribution in [2.24, 2.45) is 0 Å². The van der Waals surface area contributed by atoms with E-state index in [1.807, 2.05) is 4.90 Å². The highest BCUT2D eigenvalue weighted by Gasteiger charge is 2.32. The van der Waals surface area contributed by atoms with Crippen LogP contribution >= 0.6 is 0 Å². The Morgan fingerprint density at radius 1 is 1.12 bits per heavy atom. The number of hydrogen-bond acceptors (Lipinski definition) is 4. The molecule has 0 saturated carbocycles. The van der Waals surface area contributed by atoms with Crippen molar-refractivity contribution in [3.63, 3.8) is 0 Å². The Kier molecular flexibility index (Phi) is 4.83. The Labute approximate surface area is 144 Å². The molecule has 1 amide bonds. The summed E-state index contributed by atoms with van der Waals surface area (Å²) in [6.07, 6.45) is 3.02. The zero-order valence-electron chi connectivity index (χ0n) is 14.2. The van der Waals surface area contributed by atoms with Gasteiger partial charge < -0.3 is 15.0 Å². The van der Waals surface area contributed by atoms with Crippen LogP contribution in [0.2, 0.25) is 0 Å². The van der Waals surface area contributed by atoms with E-state index in [1.54, 1.807) is 0 Å². The number of nitrogens with one attached hydrogen (secondary N) is 1. The topological polar surface area (TPSA) is 44.8 Å². The Bertz CT molecular complexity index is 578. The summed E-state index contributed by atoms with van der Waals surface area (Å²) in [6, 6.07) is 9.40. The van der Waals surface area contributed by atoms with Crippen molar-refractivity contribution in [3.05, 3.63) is 35.4 Å². The Morgan fingerprint density at radius 2 is 1.92 bits per heavy atom. The van der Waals surface area contributed by atoms with Crippen LogP contribution in [0.4, 0.5) is 0 Å². The van der Waals surface area contributed by atoms with Gasteiger partial charge in [0, 0.05) is 45.3 Å². The molecule has 2 fully saturated rings. The summed E-state index contributed by atoms with van der Waals surface area (Å²) in [5.41, 5.74) is 2.98. The highest BCUT2D eigenvalue weighted by Crippen LogP contribution is 2.25. The number of ether oxygens (including phenoxy) is 1. The number of amides is 1. The van der Waals surface area contributed by atoms with Crippen molar-refractivity contribution in [3.8, 4) is 0 Å². The maximum absolute atomic E-state index is 12.5. The zero-order chi connectivity index (χ0) is 16.4. The van der Waals surface area contributed by atoms with E-state index >= 15 is 0 Å². The molecule has 1 atom stereocenters. The molecule has 1 aromatic rings. The van der Waals surface area contributed by atoms with E-state index in [0.29, 0.717) is 19.2 Å². The average Bonchev–Trinajstić information content (AvgIpc) is 2.68. The fourth-order valence-corrected chi connectivity index (χ4v) is 4.21. The van der Waals surface area contributed by atoms with E-state index < -0.39 is 0 Å². The van der Waals surface area contributed by atoms with Gasteiger partial charge in [0.1, 0.15) is 6.10 Å². The minimum Gasteiger partial charge on any atom is -0.366 e. The lowest BCUT2D eigenvalue weighted by Crippen LogP contribution is -2.53. The summed E-state index contributed by atoms with van der Waals surface area (Å²) in [4.78, 5) is 17.2. The first-order chi connectivity index (χ1) is 11.8. The number of carbonyl (C=O) groups is 1. The predicted molar refractivity (Wildman–Crippen MR) is 92.8 cm³/mol. The van der Waals surface area contributed by atoms with Gasteiger partial charge >= 0.3 is 0 Å². The highest BCUT2D eigenvalue weighted by molar-refractivity contribution is 5.81. The number of carbonyl (C=O) groups excluding carboxylic acids is 1. The van der Waals surface area contributed by atoms with Gasteiger partial charge in [-0.3, -0.25) is 9.69 Å². The lowest BCUT2D eigenvalue weighted by atomic mass is 9.95. The van der Waals surface area contributed by atoms with Crippen LogP contribution in [-0.2, 0) is 22.5 Å². The minimum absolute atomic E-state index is 0.171. The summed E-state index contributed by atoms with van der Waals surface area (Å²) in [6.45, 7) is 6.07. The maximum Gasteiger partial charge on any atom is 0.253 e. The quantitative estimate of drug-likeness (QED) is 0.880. The van der Waals surface area contributed by atoms with E-state index in [-0.39, 0.29) is 12.0 Å². The van der Waals surface area contributed by atoms with Gasteiger partial charge in [0.2, 0.25) is 0 Å². The van der Waals surface area contributed by atoms with E-state index in [0.717, 1.165) is 52.0 Å². The fraction of sp³-hybridized carbons (Fsp3) is 0.632. The predicted octanol–water partition coefficient (Wildman–Crippen LogP) is 1.02. The number of piperidine rings is 1. The van der Waals surface area contributed by atoms with Crippen molar-refractivity contribution in [2.45, 2.75) is 38.0 Å². The van der Waals surface area contributed by atoms with Crippen molar-refractivity contribution in [2.75, 3.05) is 39.3 Å². The summed E-state index contributed by atoms with van der Waals surface area (Å²) in [5.74, 6) is 0.171. The van der Waals surface area contributed by atoms with Crippen LogP contribution in [0, 0.1) is 0 Å². The van der Waals surface area contributed by atoms with Gasteiger partial charge in [-0.05, 0) is 30.4 Å². The van der Waals surface area contributed by atoms with Gasteiger partial charge in [-0.2, -0.15) is 0 Å². The molecule has 24 heavy (non-hydrogen) atoms. The minimum atomic E-state index is -0.280. The van der Waals surface area contributed by atoms with E-state index in [2.05, 4.69) is 34.5 Å². The third-order valence-corrected chi connectivity index (χ3v) is 5.66. The third-order valence-electron chi connectivity index (χ3n) is 5.66. The second-order valence-electron chi connectivity index (χ2n) is 7.11. The lowest BCUT2D eigenvalue weighted by Gasteiger charge is -2.41. The molecule has 1 aromatic carbocycles. The average molecular weight is 329 g/mol. The molecule has 3 aliphatic rings. The highest BCUT2D eigenvalue weighted by atomic mass is 16.5. The SMILES string of the molecule is O=C(C1CNCCO1)N1CCC(N2CCc3ccccc3C2)CC1. The molecule has 3 heterocycles. The van der Waals surface area contributed by atoms with Gasteiger partial charge in [-0.1, -0.05) is 24.3 Å². The molecule has 0 aliphatic carbocycles. The molecule has 3 aliphatic heterocycles.